The van der Waals surface area contributed by atoms with Crippen LogP contribution in [-0.2, 0) is 10.9 Å². The fraction of sp³-hybridized carbons (Fsp3) is 0.435. The predicted octanol–water partition coefficient (Wildman–Crippen LogP) is 3.16. The Balaban J connectivity index is 1.39. The number of ether oxygens (including phenoxy) is 1. The number of carbonyl (C=O) groups excluding carboxylic acids is 2. The number of cyclic esters (lactones) is 1. The van der Waals surface area contributed by atoms with Crippen LogP contribution in [0.15, 0.2) is 42.6 Å². The number of benzene rings is 1. The van der Waals surface area contributed by atoms with Gasteiger partial charge in [0.15, 0.2) is 0 Å². The maximum atomic E-state index is 13.3. The van der Waals surface area contributed by atoms with E-state index in [1.54, 1.807) is 26.0 Å². The zero-order valence-electron chi connectivity index (χ0n) is 18.7. The van der Waals surface area contributed by atoms with E-state index in [0.29, 0.717) is 24.6 Å². The van der Waals surface area contributed by atoms with E-state index >= 15 is 0 Å². The average molecular weight is 478 g/mol. The van der Waals surface area contributed by atoms with Gasteiger partial charge in [-0.05, 0) is 38.1 Å². The molecule has 2 aliphatic rings. The lowest BCUT2D eigenvalue weighted by molar-refractivity contribution is -0.138. The molecule has 8 nitrogen and oxygen atoms in total. The number of rotatable bonds is 4. The van der Waals surface area contributed by atoms with Crippen LogP contribution in [0.5, 0.6) is 0 Å². The Kier molecular flexibility index (Phi) is 6.15. The molecule has 182 valence electrons. The van der Waals surface area contributed by atoms with Gasteiger partial charge in [0, 0.05) is 26.2 Å². The number of amides is 2. The predicted molar refractivity (Wildman–Crippen MR) is 118 cm³/mol. The van der Waals surface area contributed by atoms with Gasteiger partial charge in [-0.2, -0.15) is 13.2 Å². The number of aliphatic hydroxyl groups is 1. The largest absolute Gasteiger partial charge is 0.441 e. The Morgan fingerprint density at radius 3 is 2.32 bits per heavy atom. The molecule has 0 spiro atoms. The van der Waals surface area contributed by atoms with Crippen LogP contribution in [0, 0.1) is 0 Å². The fourth-order valence-corrected chi connectivity index (χ4v) is 3.99. The number of nitrogens with zero attached hydrogens (tertiary/aromatic N) is 4. The summed E-state index contributed by atoms with van der Waals surface area (Å²) in [7, 11) is 0. The molecular formula is C23H25F3N4O4. The zero-order chi connectivity index (χ0) is 24.7. The molecule has 1 N–H and O–H groups in total. The van der Waals surface area contributed by atoms with Crippen molar-refractivity contribution >= 4 is 23.5 Å². The summed E-state index contributed by atoms with van der Waals surface area (Å²) in [5, 5.41) is 10.1. The summed E-state index contributed by atoms with van der Waals surface area (Å²) in [4.78, 5) is 34.1. The molecule has 4 rings (SSSR count). The minimum absolute atomic E-state index is 0.198. The Morgan fingerprint density at radius 2 is 1.76 bits per heavy atom. The molecule has 1 aromatic heterocycles. The van der Waals surface area contributed by atoms with Gasteiger partial charge in [-0.15, -0.1) is 0 Å². The molecule has 0 saturated carbocycles. The molecule has 0 unspecified atom stereocenters. The third-order valence-electron chi connectivity index (χ3n) is 6.00. The zero-order valence-corrected chi connectivity index (χ0v) is 18.7. The third-order valence-corrected chi connectivity index (χ3v) is 6.00. The van der Waals surface area contributed by atoms with Crippen LogP contribution in [0.3, 0.4) is 0 Å². The van der Waals surface area contributed by atoms with E-state index in [9.17, 15) is 27.9 Å². The number of carbonyl (C=O) groups is 2. The SMILES string of the molecule is CC(C)(O)[C@@H]1CN(c2ccc(N3CCN(C(=O)c4ccccc4C(F)(F)F)CC3)nc2)C(=O)O1. The lowest BCUT2D eigenvalue weighted by Gasteiger charge is -2.35. The molecule has 1 aromatic carbocycles. The van der Waals surface area contributed by atoms with Crippen LogP contribution < -0.4 is 9.80 Å². The number of aromatic nitrogens is 1. The summed E-state index contributed by atoms with van der Waals surface area (Å²) in [5.74, 6) is -0.0251. The van der Waals surface area contributed by atoms with Crippen molar-refractivity contribution in [3.05, 3.63) is 53.7 Å². The summed E-state index contributed by atoms with van der Waals surface area (Å²) in [6.45, 7) is 4.64. The highest BCUT2D eigenvalue weighted by Gasteiger charge is 2.41. The number of pyridine rings is 1. The highest BCUT2D eigenvalue weighted by Crippen LogP contribution is 2.33. The smallest absolute Gasteiger partial charge is 0.417 e. The van der Waals surface area contributed by atoms with Crippen LogP contribution in [0.2, 0.25) is 0 Å². The van der Waals surface area contributed by atoms with E-state index < -0.39 is 35.4 Å². The van der Waals surface area contributed by atoms with Crippen molar-refractivity contribution < 1.29 is 32.6 Å². The Labute approximate surface area is 194 Å². The van der Waals surface area contributed by atoms with Crippen LogP contribution in [0.25, 0.3) is 0 Å². The van der Waals surface area contributed by atoms with E-state index in [2.05, 4.69) is 4.98 Å². The van der Waals surface area contributed by atoms with Gasteiger partial charge in [0.1, 0.15) is 11.9 Å². The van der Waals surface area contributed by atoms with Crippen molar-refractivity contribution in [1.29, 1.82) is 0 Å². The van der Waals surface area contributed by atoms with E-state index in [4.69, 9.17) is 4.74 Å². The van der Waals surface area contributed by atoms with Crippen molar-refractivity contribution in [2.24, 2.45) is 0 Å². The van der Waals surface area contributed by atoms with Gasteiger partial charge in [-0.3, -0.25) is 9.69 Å². The van der Waals surface area contributed by atoms with Crippen molar-refractivity contribution in [3.63, 3.8) is 0 Å². The lowest BCUT2D eigenvalue weighted by atomic mass is 10.0. The number of hydrogen-bond donors (Lipinski definition) is 1. The van der Waals surface area contributed by atoms with E-state index in [1.807, 2.05) is 4.90 Å². The summed E-state index contributed by atoms with van der Waals surface area (Å²) in [6, 6.07) is 8.24. The Morgan fingerprint density at radius 1 is 1.09 bits per heavy atom. The van der Waals surface area contributed by atoms with Gasteiger partial charge in [-0.1, -0.05) is 12.1 Å². The standard InChI is InChI=1S/C23H25F3N4O4/c1-22(2,33)18-14-30(21(32)34-18)15-7-8-19(27-13-15)28-9-11-29(12-10-28)20(31)16-5-3-4-6-17(16)23(24,25)26/h3-8,13,18,33H,9-12,14H2,1-2H3/t18-/m0/s1. The Bertz CT molecular complexity index is 1060. The summed E-state index contributed by atoms with van der Waals surface area (Å²) < 4.78 is 45.1. The van der Waals surface area contributed by atoms with Gasteiger partial charge in [0.05, 0.1) is 35.2 Å². The first-order chi connectivity index (χ1) is 15.9. The normalized spacial score (nSPS) is 19.4. The van der Waals surface area contributed by atoms with Gasteiger partial charge in [0.2, 0.25) is 0 Å². The average Bonchev–Trinajstić information content (AvgIpc) is 3.20. The molecule has 0 aliphatic carbocycles. The van der Waals surface area contributed by atoms with Crippen LogP contribution >= 0.6 is 0 Å². The van der Waals surface area contributed by atoms with Crippen LogP contribution in [-0.4, -0.2) is 71.4 Å². The number of alkyl halides is 3. The molecule has 2 fully saturated rings. The van der Waals surface area contributed by atoms with E-state index in [0.717, 1.165) is 6.07 Å². The van der Waals surface area contributed by atoms with Crippen molar-refractivity contribution in [3.8, 4) is 0 Å². The molecule has 2 amide bonds. The van der Waals surface area contributed by atoms with Gasteiger partial charge < -0.3 is 19.6 Å². The summed E-state index contributed by atoms with van der Waals surface area (Å²) in [5.41, 5.74) is -1.94. The highest BCUT2D eigenvalue weighted by molar-refractivity contribution is 5.96. The molecule has 11 heteroatoms. The monoisotopic (exact) mass is 478 g/mol. The number of piperazine rings is 1. The van der Waals surface area contributed by atoms with E-state index in [1.165, 1.54) is 34.2 Å². The minimum Gasteiger partial charge on any atom is -0.441 e. The van der Waals surface area contributed by atoms with Crippen molar-refractivity contribution in [1.82, 2.24) is 9.88 Å². The molecule has 2 saturated heterocycles. The molecule has 1 atom stereocenters. The first-order valence-electron chi connectivity index (χ1n) is 10.8. The second kappa shape index (κ2) is 8.79. The summed E-state index contributed by atoms with van der Waals surface area (Å²) in [6.07, 6.45) is -4.30. The number of halogens is 3. The molecular weight excluding hydrogens is 453 g/mol. The number of anilines is 2. The van der Waals surface area contributed by atoms with Crippen LogP contribution in [0.1, 0.15) is 29.8 Å². The Hall–Kier alpha value is -3.34. The lowest BCUT2D eigenvalue weighted by Crippen LogP contribution is -2.49. The molecule has 2 aromatic rings. The second-order valence-corrected chi connectivity index (χ2v) is 8.83. The third kappa shape index (κ3) is 4.79. The second-order valence-electron chi connectivity index (χ2n) is 8.83. The molecule has 0 radical (unpaired) electrons. The molecule has 34 heavy (non-hydrogen) atoms. The van der Waals surface area contributed by atoms with Gasteiger partial charge >= 0.3 is 12.3 Å². The minimum atomic E-state index is -4.60. The van der Waals surface area contributed by atoms with Gasteiger partial charge in [0.25, 0.3) is 5.91 Å². The molecule has 3 heterocycles. The molecule has 0 bridgehead atoms. The quantitative estimate of drug-likeness (QED) is 0.727. The summed E-state index contributed by atoms with van der Waals surface area (Å²) >= 11 is 0. The first kappa shape index (κ1) is 23.8. The maximum absolute atomic E-state index is 13.3. The molecule has 2 aliphatic heterocycles. The topological polar surface area (TPSA) is 86.2 Å². The maximum Gasteiger partial charge on any atom is 0.417 e. The van der Waals surface area contributed by atoms with Crippen LogP contribution in [0.4, 0.5) is 29.5 Å². The van der Waals surface area contributed by atoms with Crippen molar-refractivity contribution in [2.45, 2.75) is 31.7 Å². The number of hydrogen-bond acceptors (Lipinski definition) is 6. The highest BCUT2D eigenvalue weighted by atomic mass is 19.4. The van der Waals surface area contributed by atoms with E-state index in [-0.39, 0.29) is 25.2 Å². The fourth-order valence-electron chi connectivity index (χ4n) is 3.99. The van der Waals surface area contributed by atoms with Gasteiger partial charge in [-0.25, -0.2) is 9.78 Å². The van der Waals surface area contributed by atoms with Crippen molar-refractivity contribution in [2.75, 3.05) is 42.5 Å². The first-order valence-corrected chi connectivity index (χ1v) is 10.8.